The largest absolute Gasteiger partial charge is 0.340 e. The third-order valence-electron chi connectivity index (χ3n) is 2.27. The highest BCUT2D eigenvalue weighted by Crippen LogP contribution is 2.14. The van der Waals surface area contributed by atoms with Crippen molar-refractivity contribution < 1.29 is 4.79 Å². The van der Waals surface area contributed by atoms with Crippen molar-refractivity contribution in [1.29, 1.82) is 0 Å². The van der Waals surface area contributed by atoms with E-state index in [9.17, 15) is 4.79 Å². The van der Waals surface area contributed by atoms with Crippen LogP contribution in [0.2, 0.25) is 0 Å². The van der Waals surface area contributed by atoms with Crippen molar-refractivity contribution in [2.75, 3.05) is 6.54 Å². The van der Waals surface area contributed by atoms with E-state index in [0.29, 0.717) is 18.2 Å². The van der Waals surface area contributed by atoms with Crippen LogP contribution in [-0.4, -0.2) is 22.2 Å². The monoisotopic (exact) mass is 219 g/mol. The molecule has 1 rings (SSSR count). The van der Waals surface area contributed by atoms with Gasteiger partial charge in [-0.25, -0.2) is 0 Å². The number of nitrogens with zero attached hydrogens (tertiary/aromatic N) is 2. The number of hydrogen-bond acceptors (Lipinski definition) is 2. The Kier molecular flexibility index (Phi) is 4.12. The van der Waals surface area contributed by atoms with Crippen molar-refractivity contribution in [2.24, 2.45) is 0 Å². The Balaban J connectivity index is 2.94. The number of terminal acetylenes is 1. The molecule has 0 aromatic carbocycles. The molecule has 1 amide bonds. The van der Waals surface area contributed by atoms with E-state index in [4.69, 9.17) is 6.42 Å². The van der Waals surface area contributed by atoms with Crippen molar-refractivity contribution in [2.45, 2.75) is 33.2 Å². The predicted octanol–water partition coefficient (Wildman–Crippen LogP) is 1.39. The van der Waals surface area contributed by atoms with Gasteiger partial charge in [-0.1, -0.05) is 19.8 Å². The minimum absolute atomic E-state index is 0.167. The van der Waals surface area contributed by atoms with Crippen LogP contribution in [-0.2, 0) is 6.54 Å². The van der Waals surface area contributed by atoms with E-state index >= 15 is 0 Å². The molecule has 1 heterocycles. The second-order valence-corrected chi connectivity index (χ2v) is 3.81. The Hall–Kier alpha value is -1.76. The van der Waals surface area contributed by atoms with Gasteiger partial charge in [0.2, 0.25) is 0 Å². The van der Waals surface area contributed by atoms with E-state index in [-0.39, 0.29) is 12.5 Å². The fourth-order valence-electron chi connectivity index (χ4n) is 1.36. The minimum Gasteiger partial charge on any atom is -0.340 e. The van der Waals surface area contributed by atoms with Crippen molar-refractivity contribution in [3.63, 3.8) is 0 Å². The zero-order chi connectivity index (χ0) is 12.1. The maximum absolute atomic E-state index is 11.8. The van der Waals surface area contributed by atoms with Crippen LogP contribution in [0.5, 0.6) is 0 Å². The maximum atomic E-state index is 11.8. The van der Waals surface area contributed by atoms with Crippen LogP contribution < -0.4 is 5.32 Å². The van der Waals surface area contributed by atoms with Gasteiger partial charge >= 0.3 is 0 Å². The number of hydrogen-bond donors (Lipinski definition) is 1. The van der Waals surface area contributed by atoms with Gasteiger partial charge in [0.15, 0.2) is 0 Å². The first kappa shape index (κ1) is 12.3. The second kappa shape index (κ2) is 5.36. The fraction of sp³-hybridized carbons (Fsp3) is 0.500. The first-order chi connectivity index (χ1) is 7.60. The van der Waals surface area contributed by atoms with E-state index in [1.54, 1.807) is 4.68 Å². The van der Waals surface area contributed by atoms with E-state index < -0.39 is 0 Å². The first-order valence-electron chi connectivity index (χ1n) is 5.39. The van der Waals surface area contributed by atoms with E-state index in [0.717, 1.165) is 5.69 Å². The Morgan fingerprint density at radius 1 is 1.69 bits per heavy atom. The first-order valence-corrected chi connectivity index (χ1v) is 5.39. The van der Waals surface area contributed by atoms with Crippen molar-refractivity contribution in [1.82, 2.24) is 15.1 Å². The average Bonchev–Trinajstić information content (AvgIpc) is 2.69. The Morgan fingerprint density at radius 3 is 2.88 bits per heavy atom. The summed E-state index contributed by atoms with van der Waals surface area (Å²) in [6.07, 6.45) is 5.09. The standard InChI is InChI=1S/C12H17N3O/c1-5-7-13-12(16)11-8-10(9(3)4)14-15(11)6-2/h1,8-9H,6-7H2,2-4H3,(H,13,16). The molecule has 0 saturated carbocycles. The molecule has 4 nitrogen and oxygen atoms in total. The molecule has 1 N–H and O–H groups in total. The molecule has 86 valence electrons. The highest BCUT2D eigenvalue weighted by atomic mass is 16.2. The van der Waals surface area contributed by atoms with Gasteiger partial charge in [-0.15, -0.1) is 6.42 Å². The molecule has 0 aliphatic carbocycles. The fourth-order valence-corrected chi connectivity index (χ4v) is 1.36. The molecule has 16 heavy (non-hydrogen) atoms. The van der Waals surface area contributed by atoms with Crippen LogP contribution >= 0.6 is 0 Å². The van der Waals surface area contributed by atoms with Gasteiger partial charge in [0.1, 0.15) is 5.69 Å². The van der Waals surface area contributed by atoms with Gasteiger partial charge in [0.05, 0.1) is 12.2 Å². The quantitative estimate of drug-likeness (QED) is 0.778. The Bertz CT molecular complexity index is 412. The van der Waals surface area contributed by atoms with Crippen molar-refractivity contribution >= 4 is 5.91 Å². The summed E-state index contributed by atoms with van der Waals surface area (Å²) in [5.74, 6) is 2.52. The molecule has 4 heteroatoms. The van der Waals surface area contributed by atoms with Crippen LogP contribution in [0.15, 0.2) is 6.07 Å². The van der Waals surface area contributed by atoms with E-state index in [1.807, 2.05) is 26.8 Å². The molecule has 0 atom stereocenters. The second-order valence-electron chi connectivity index (χ2n) is 3.81. The summed E-state index contributed by atoms with van der Waals surface area (Å²) >= 11 is 0. The zero-order valence-electron chi connectivity index (χ0n) is 9.95. The lowest BCUT2D eigenvalue weighted by molar-refractivity contribution is 0.0948. The van der Waals surface area contributed by atoms with Gasteiger partial charge in [-0.05, 0) is 18.9 Å². The molecule has 0 fully saturated rings. The highest BCUT2D eigenvalue weighted by Gasteiger charge is 2.15. The van der Waals surface area contributed by atoms with Crippen LogP contribution in [0.3, 0.4) is 0 Å². The number of carbonyl (C=O) groups is 1. The lowest BCUT2D eigenvalue weighted by Gasteiger charge is -2.03. The Labute approximate surface area is 96.0 Å². The molecule has 1 aromatic rings. The third-order valence-corrected chi connectivity index (χ3v) is 2.27. The van der Waals surface area contributed by atoms with Crippen molar-refractivity contribution in [3.8, 4) is 12.3 Å². The van der Waals surface area contributed by atoms with Gasteiger partial charge in [0, 0.05) is 6.54 Å². The predicted molar refractivity (Wildman–Crippen MR) is 63.2 cm³/mol. The van der Waals surface area contributed by atoms with Gasteiger partial charge in [0.25, 0.3) is 5.91 Å². The molecular formula is C12H17N3O. The summed E-state index contributed by atoms with van der Waals surface area (Å²) < 4.78 is 1.70. The molecule has 0 saturated heterocycles. The molecule has 0 unspecified atom stereocenters. The average molecular weight is 219 g/mol. The van der Waals surface area contributed by atoms with Gasteiger partial charge < -0.3 is 5.32 Å². The number of rotatable bonds is 4. The molecule has 0 aliphatic rings. The molecule has 0 spiro atoms. The topological polar surface area (TPSA) is 46.9 Å². The number of carbonyl (C=O) groups excluding carboxylic acids is 1. The maximum Gasteiger partial charge on any atom is 0.270 e. The lowest BCUT2D eigenvalue weighted by Crippen LogP contribution is -2.26. The summed E-state index contributed by atoms with van der Waals surface area (Å²) in [4.78, 5) is 11.8. The summed E-state index contributed by atoms with van der Waals surface area (Å²) in [5, 5.41) is 7.00. The Morgan fingerprint density at radius 2 is 2.38 bits per heavy atom. The third kappa shape index (κ3) is 2.63. The van der Waals surface area contributed by atoms with Crippen molar-refractivity contribution in [3.05, 3.63) is 17.5 Å². The van der Waals surface area contributed by atoms with E-state index in [1.165, 1.54) is 0 Å². The zero-order valence-corrected chi connectivity index (χ0v) is 9.95. The summed E-state index contributed by atoms with van der Waals surface area (Å²) in [5.41, 5.74) is 1.49. The molecule has 0 radical (unpaired) electrons. The molecule has 0 aliphatic heterocycles. The number of aryl methyl sites for hydroxylation is 1. The van der Waals surface area contributed by atoms with Crippen LogP contribution in [0.25, 0.3) is 0 Å². The summed E-state index contributed by atoms with van der Waals surface area (Å²) in [6, 6.07) is 1.82. The normalized spacial score (nSPS) is 10.2. The van der Waals surface area contributed by atoms with E-state index in [2.05, 4.69) is 16.3 Å². The summed E-state index contributed by atoms with van der Waals surface area (Å²) in [7, 11) is 0. The minimum atomic E-state index is -0.167. The molecule has 0 bridgehead atoms. The van der Waals surface area contributed by atoms with Crippen LogP contribution in [0, 0.1) is 12.3 Å². The number of nitrogens with one attached hydrogen (secondary N) is 1. The highest BCUT2D eigenvalue weighted by molar-refractivity contribution is 5.92. The SMILES string of the molecule is C#CCNC(=O)c1cc(C(C)C)nn1CC. The van der Waals surface area contributed by atoms with Gasteiger partial charge in [-0.2, -0.15) is 5.10 Å². The van der Waals surface area contributed by atoms with Crippen LogP contribution in [0.1, 0.15) is 42.9 Å². The lowest BCUT2D eigenvalue weighted by atomic mass is 10.1. The van der Waals surface area contributed by atoms with Crippen LogP contribution in [0.4, 0.5) is 0 Å². The molecule has 1 aromatic heterocycles. The number of aromatic nitrogens is 2. The summed E-state index contributed by atoms with van der Waals surface area (Å²) in [6.45, 7) is 6.96. The smallest absolute Gasteiger partial charge is 0.270 e. The van der Waals surface area contributed by atoms with Gasteiger partial charge in [-0.3, -0.25) is 9.48 Å². The molecular weight excluding hydrogens is 202 g/mol. The number of amides is 1.